The zero-order chi connectivity index (χ0) is 15.1. The molecule has 0 bridgehead atoms. The monoisotopic (exact) mass is 298 g/mol. The van der Waals surface area contributed by atoms with Crippen molar-refractivity contribution >= 4 is 29.1 Å². The van der Waals surface area contributed by atoms with E-state index in [-0.39, 0.29) is 18.2 Å². The molecule has 1 aromatic rings. The van der Waals surface area contributed by atoms with Crippen LogP contribution in [0.1, 0.15) is 29.4 Å². The molecule has 0 saturated heterocycles. The summed E-state index contributed by atoms with van der Waals surface area (Å²) in [6.07, 6.45) is 0.413. The number of nitrogens with zero attached hydrogens (tertiary/aromatic N) is 1. The van der Waals surface area contributed by atoms with Gasteiger partial charge in [-0.2, -0.15) is 0 Å². The van der Waals surface area contributed by atoms with Crippen molar-refractivity contribution in [2.45, 2.75) is 25.8 Å². The van der Waals surface area contributed by atoms with Crippen molar-refractivity contribution < 1.29 is 19.5 Å². The number of rotatable bonds is 7. The molecule has 0 aromatic carbocycles. The minimum Gasteiger partial charge on any atom is -0.481 e. The minimum atomic E-state index is -0.884. The number of aliphatic carboxylic acids is 1. The van der Waals surface area contributed by atoms with Crippen molar-refractivity contribution in [3.8, 4) is 0 Å². The molecule has 6 nitrogen and oxygen atoms in total. The molecule has 0 aliphatic heterocycles. The van der Waals surface area contributed by atoms with Crippen LogP contribution >= 0.6 is 11.3 Å². The fourth-order valence-electron chi connectivity index (χ4n) is 1.65. The smallest absolute Gasteiger partial charge is 0.303 e. The summed E-state index contributed by atoms with van der Waals surface area (Å²) in [5, 5.41) is 13.0. The number of amides is 2. The summed E-state index contributed by atoms with van der Waals surface area (Å²) in [5.41, 5.74) is 0. The topological polar surface area (TPSA) is 86.7 Å². The van der Waals surface area contributed by atoms with Crippen LogP contribution in [0.25, 0.3) is 0 Å². The van der Waals surface area contributed by atoms with Crippen molar-refractivity contribution in [1.29, 1.82) is 0 Å². The molecule has 1 aromatic heterocycles. The van der Waals surface area contributed by atoms with Gasteiger partial charge < -0.3 is 15.3 Å². The van der Waals surface area contributed by atoms with Crippen LogP contribution in [0.15, 0.2) is 17.5 Å². The zero-order valence-electron chi connectivity index (χ0n) is 11.5. The number of carbonyl (C=O) groups is 3. The van der Waals surface area contributed by atoms with Gasteiger partial charge in [-0.3, -0.25) is 14.4 Å². The van der Waals surface area contributed by atoms with Crippen molar-refractivity contribution in [3.63, 3.8) is 0 Å². The molecule has 0 spiro atoms. The highest BCUT2D eigenvalue weighted by molar-refractivity contribution is 7.12. The van der Waals surface area contributed by atoms with Crippen LogP contribution in [-0.4, -0.2) is 47.4 Å². The summed E-state index contributed by atoms with van der Waals surface area (Å²) in [4.78, 5) is 36.2. The van der Waals surface area contributed by atoms with Gasteiger partial charge in [0, 0.05) is 20.0 Å². The van der Waals surface area contributed by atoms with E-state index in [1.54, 1.807) is 31.5 Å². The number of nitrogens with one attached hydrogen (secondary N) is 1. The van der Waals surface area contributed by atoms with E-state index in [1.807, 2.05) is 0 Å². The summed E-state index contributed by atoms with van der Waals surface area (Å²) >= 11 is 1.31. The van der Waals surface area contributed by atoms with Gasteiger partial charge in [-0.05, 0) is 24.8 Å². The highest BCUT2D eigenvalue weighted by Crippen LogP contribution is 2.08. The maximum Gasteiger partial charge on any atom is 0.303 e. The van der Waals surface area contributed by atoms with Gasteiger partial charge in [-0.1, -0.05) is 6.07 Å². The highest BCUT2D eigenvalue weighted by Gasteiger charge is 2.20. The Balaban J connectivity index is 2.41. The van der Waals surface area contributed by atoms with Crippen LogP contribution in [0.3, 0.4) is 0 Å². The van der Waals surface area contributed by atoms with Crippen molar-refractivity contribution in [1.82, 2.24) is 10.2 Å². The predicted molar refractivity (Wildman–Crippen MR) is 75.8 cm³/mol. The summed E-state index contributed by atoms with van der Waals surface area (Å²) < 4.78 is 0. The third-order valence-electron chi connectivity index (χ3n) is 2.72. The Morgan fingerprint density at radius 2 is 2.15 bits per heavy atom. The van der Waals surface area contributed by atoms with Gasteiger partial charge in [-0.25, -0.2) is 0 Å². The maximum atomic E-state index is 12.0. The Bertz CT molecular complexity index is 473. The minimum absolute atomic E-state index is 0.0214. The molecule has 1 rings (SSSR count). The zero-order valence-corrected chi connectivity index (χ0v) is 12.3. The van der Waals surface area contributed by atoms with Gasteiger partial charge in [0.25, 0.3) is 5.91 Å². The molecular weight excluding hydrogens is 280 g/mol. The van der Waals surface area contributed by atoms with E-state index in [0.29, 0.717) is 17.8 Å². The number of likely N-dealkylation sites (N-methyl/N-ethyl adjacent to an activating group) is 1. The summed E-state index contributed by atoms with van der Waals surface area (Å²) in [7, 11) is 1.60. The van der Waals surface area contributed by atoms with Crippen molar-refractivity contribution in [2.24, 2.45) is 0 Å². The van der Waals surface area contributed by atoms with E-state index in [4.69, 9.17) is 5.11 Å². The third kappa shape index (κ3) is 5.00. The predicted octanol–water partition coefficient (Wildman–Crippen LogP) is 1.19. The SMILES string of the molecule is CC(NC(=O)c1cccs1)C(=O)N(C)CCCC(=O)O. The van der Waals surface area contributed by atoms with Crippen molar-refractivity contribution in [2.75, 3.05) is 13.6 Å². The molecule has 0 aliphatic rings. The lowest BCUT2D eigenvalue weighted by Gasteiger charge is -2.21. The fraction of sp³-hybridized carbons (Fsp3) is 0.462. The highest BCUT2D eigenvalue weighted by atomic mass is 32.1. The van der Waals surface area contributed by atoms with E-state index in [0.717, 1.165) is 0 Å². The van der Waals surface area contributed by atoms with Gasteiger partial charge in [0.1, 0.15) is 6.04 Å². The molecule has 0 aliphatic carbocycles. The maximum absolute atomic E-state index is 12.0. The molecule has 2 amide bonds. The van der Waals surface area contributed by atoms with E-state index in [9.17, 15) is 14.4 Å². The van der Waals surface area contributed by atoms with Gasteiger partial charge in [0.15, 0.2) is 0 Å². The Morgan fingerprint density at radius 3 is 2.70 bits per heavy atom. The Kier molecular flexibility index (Phi) is 6.17. The van der Waals surface area contributed by atoms with Crippen LogP contribution in [-0.2, 0) is 9.59 Å². The lowest BCUT2D eigenvalue weighted by Crippen LogP contribution is -2.45. The number of carbonyl (C=O) groups excluding carboxylic acids is 2. The van der Waals surface area contributed by atoms with Gasteiger partial charge in [0.05, 0.1) is 4.88 Å². The lowest BCUT2D eigenvalue weighted by atomic mass is 10.2. The molecular formula is C13H18N2O4S. The first-order valence-electron chi connectivity index (χ1n) is 6.23. The van der Waals surface area contributed by atoms with E-state index < -0.39 is 12.0 Å². The normalized spacial score (nSPS) is 11.7. The van der Waals surface area contributed by atoms with Crippen LogP contribution < -0.4 is 5.32 Å². The van der Waals surface area contributed by atoms with E-state index in [2.05, 4.69) is 5.32 Å². The van der Waals surface area contributed by atoms with E-state index >= 15 is 0 Å². The largest absolute Gasteiger partial charge is 0.481 e. The van der Waals surface area contributed by atoms with Crippen LogP contribution in [0, 0.1) is 0 Å². The molecule has 2 N–H and O–H groups in total. The first-order valence-corrected chi connectivity index (χ1v) is 7.11. The number of hydrogen-bond donors (Lipinski definition) is 2. The van der Waals surface area contributed by atoms with Gasteiger partial charge in [-0.15, -0.1) is 11.3 Å². The molecule has 1 heterocycles. The van der Waals surface area contributed by atoms with Crippen LogP contribution in [0.4, 0.5) is 0 Å². The Hall–Kier alpha value is -1.89. The molecule has 0 fully saturated rings. The molecule has 1 unspecified atom stereocenters. The molecule has 7 heteroatoms. The summed E-state index contributed by atoms with van der Waals surface area (Å²) in [5.74, 6) is -1.40. The Labute approximate surface area is 121 Å². The second-order valence-electron chi connectivity index (χ2n) is 4.43. The number of carboxylic acids is 1. The van der Waals surface area contributed by atoms with Crippen LogP contribution in [0.2, 0.25) is 0 Å². The lowest BCUT2D eigenvalue weighted by molar-refractivity contribution is -0.138. The molecule has 0 radical (unpaired) electrons. The van der Waals surface area contributed by atoms with E-state index in [1.165, 1.54) is 16.2 Å². The number of hydrogen-bond acceptors (Lipinski definition) is 4. The average Bonchev–Trinajstić information content (AvgIpc) is 2.90. The second-order valence-corrected chi connectivity index (χ2v) is 5.38. The van der Waals surface area contributed by atoms with Gasteiger partial charge in [0.2, 0.25) is 5.91 Å². The van der Waals surface area contributed by atoms with Crippen LogP contribution in [0.5, 0.6) is 0 Å². The molecule has 20 heavy (non-hydrogen) atoms. The molecule has 0 saturated carbocycles. The summed E-state index contributed by atoms with van der Waals surface area (Å²) in [6.45, 7) is 1.96. The quantitative estimate of drug-likeness (QED) is 0.791. The third-order valence-corrected chi connectivity index (χ3v) is 3.59. The average molecular weight is 298 g/mol. The first-order chi connectivity index (χ1) is 9.41. The Morgan fingerprint density at radius 1 is 1.45 bits per heavy atom. The van der Waals surface area contributed by atoms with Gasteiger partial charge >= 0.3 is 5.97 Å². The number of thiophene rings is 1. The fourth-order valence-corrected chi connectivity index (χ4v) is 2.27. The second kappa shape index (κ2) is 7.64. The first kappa shape index (κ1) is 16.2. The molecule has 110 valence electrons. The van der Waals surface area contributed by atoms with Crippen molar-refractivity contribution in [3.05, 3.63) is 22.4 Å². The standard InChI is InChI=1S/C13H18N2O4S/c1-9(14-12(18)10-5-4-8-20-10)13(19)15(2)7-3-6-11(16)17/h4-5,8-9H,3,6-7H2,1-2H3,(H,14,18)(H,16,17). The number of carboxylic acid groups (broad SMARTS) is 1. The molecule has 1 atom stereocenters. The summed E-state index contributed by atoms with van der Waals surface area (Å²) in [6, 6.07) is 2.82.